The van der Waals surface area contributed by atoms with E-state index in [1.165, 1.54) is 41.1 Å². The Balaban J connectivity index is 0.000000197. The highest BCUT2D eigenvalue weighted by Crippen LogP contribution is 2.25. The number of amides is 3. The number of methoxy groups -OCH3 is 1. The molecule has 0 fully saturated rings. The van der Waals surface area contributed by atoms with Gasteiger partial charge in [-0.25, -0.2) is 43.9 Å². The molecule has 0 aliphatic rings. The molecule has 11 aromatic rings. The monoisotopic (exact) mass is 1500 g/mol. The van der Waals surface area contributed by atoms with E-state index < -0.39 is 42.0 Å². The van der Waals surface area contributed by atoms with Crippen LogP contribution >= 0.6 is 73.5 Å². The number of aliphatic carboxylic acids is 1. The summed E-state index contributed by atoms with van der Waals surface area (Å²) in [4.78, 5) is 109. The maximum atomic E-state index is 12.5. The number of rotatable bonds is 20. The molecule has 0 spiro atoms. The summed E-state index contributed by atoms with van der Waals surface area (Å²) in [7, 11) is 1.31. The van der Waals surface area contributed by atoms with E-state index in [0.29, 0.717) is 46.4 Å². The quantitative estimate of drug-likeness (QED) is 0.0136. The number of carbonyl (C=O) groups excluding carboxylic acids is 6. The highest BCUT2D eigenvalue weighted by molar-refractivity contribution is 9.09. The van der Waals surface area contributed by atoms with Gasteiger partial charge in [-0.1, -0.05) is 228 Å². The molecule has 514 valence electrons. The van der Waals surface area contributed by atoms with Gasteiger partial charge in [-0.2, -0.15) is 0 Å². The predicted octanol–water partition coefficient (Wildman–Crippen LogP) is 14.3. The molecule has 27 heteroatoms. The van der Waals surface area contributed by atoms with Gasteiger partial charge in [0.1, 0.15) is 12.1 Å². The van der Waals surface area contributed by atoms with E-state index in [2.05, 4.69) is 68.8 Å². The fraction of sp³-hybridized carbons (Fsp3) is 0.137. The van der Waals surface area contributed by atoms with Crippen LogP contribution in [-0.2, 0) is 36.6 Å². The van der Waals surface area contributed by atoms with E-state index >= 15 is 0 Å². The molecule has 0 bridgehead atoms. The van der Waals surface area contributed by atoms with Crippen LogP contribution in [0.15, 0.2) is 234 Å². The smallest absolute Gasteiger partial charge is 0.413 e. The van der Waals surface area contributed by atoms with Crippen molar-refractivity contribution in [1.29, 1.82) is 0 Å². The maximum absolute atomic E-state index is 12.5. The number of carbonyl (C=O) groups is 8. The third kappa shape index (κ3) is 26.9. The normalized spacial score (nSPS) is 10.6. The van der Waals surface area contributed by atoms with Gasteiger partial charge in [-0.3, -0.25) is 19.7 Å². The number of aromatic carboxylic acids is 1. The number of alkyl halides is 1. The Morgan fingerprint density at radius 1 is 0.480 bits per heavy atom. The third-order valence-electron chi connectivity index (χ3n) is 13.0. The number of aromatic nitrogens is 4. The Labute approximate surface area is 606 Å². The van der Waals surface area contributed by atoms with E-state index in [1.807, 2.05) is 223 Å². The molecule has 4 heterocycles. The van der Waals surface area contributed by atoms with E-state index in [-0.39, 0.29) is 39.2 Å². The number of nitrogens with two attached hydrogens (primary N) is 1. The number of carboxylic acid groups (broad SMARTS) is 2. The minimum Gasteiger partial charge on any atom is -0.480 e. The van der Waals surface area contributed by atoms with E-state index in [1.54, 1.807) is 24.6 Å². The fourth-order valence-electron chi connectivity index (χ4n) is 8.30. The number of benzene rings is 7. The van der Waals surface area contributed by atoms with Gasteiger partial charge in [0, 0.05) is 62.2 Å². The van der Waals surface area contributed by atoms with Crippen LogP contribution < -0.4 is 21.7 Å². The molecule has 4 aromatic heterocycles. The van der Waals surface area contributed by atoms with Crippen LogP contribution in [0.3, 0.4) is 0 Å². The average Bonchev–Trinajstić information content (AvgIpc) is 1.72. The molecule has 7 aromatic carbocycles. The number of Topliss-reactive ketones (excluding diaryl/α,β-unsaturated/α-hetero) is 1. The first-order chi connectivity index (χ1) is 48.4. The lowest BCUT2D eigenvalue weighted by Gasteiger charge is -2.15. The number of carboxylic acids is 2. The predicted molar refractivity (Wildman–Crippen MR) is 397 cm³/mol. The van der Waals surface area contributed by atoms with Crippen LogP contribution in [-0.4, -0.2) is 121 Å². The topological polar surface area (TPSA) is 318 Å². The molecule has 0 saturated carbocycles. The van der Waals surface area contributed by atoms with Gasteiger partial charge < -0.3 is 40.8 Å². The molecule has 0 radical (unpaired) electrons. The van der Waals surface area contributed by atoms with Crippen LogP contribution in [0.4, 0.5) is 4.79 Å². The average molecular weight is 1500 g/mol. The minimum absolute atomic E-state index is 0.0755. The summed E-state index contributed by atoms with van der Waals surface area (Å²) in [6.45, 7) is 4.16. The molecule has 7 N–H and O–H groups in total. The number of hydrogen-bond acceptors (Lipinski definition) is 20. The Bertz CT molecular complexity index is 4360. The number of hydrogen-bond donors (Lipinski definition) is 6. The second-order valence-electron chi connectivity index (χ2n) is 20.1. The van der Waals surface area contributed by atoms with Crippen molar-refractivity contribution in [3.63, 3.8) is 0 Å². The van der Waals surface area contributed by atoms with Crippen molar-refractivity contribution in [1.82, 2.24) is 35.9 Å². The number of esters is 2. The van der Waals surface area contributed by atoms with Gasteiger partial charge in [-0.15, -0.1) is 45.3 Å². The Kier molecular flexibility index (Phi) is 33.4. The number of thiocarbonyl (C=S) groups is 1. The number of nitrogens with one attached hydrogen (secondary N) is 3. The molecule has 2 unspecified atom stereocenters. The van der Waals surface area contributed by atoms with Gasteiger partial charge in [0.2, 0.25) is 10.0 Å². The Morgan fingerprint density at radius 3 is 1.15 bits per heavy atom. The summed E-state index contributed by atoms with van der Waals surface area (Å²) in [5.41, 5.74) is 14.3. The lowest BCUT2D eigenvalue weighted by Crippen LogP contribution is -2.43. The van der Waals surface area contributed by atoms with Crippen molar-refractivity contribution in [2.45, 2.75) is 38.8 Å². The van der Waals surface area contributed by atoms with Crippen LogP contribution in [0, 0.1) is 0 Å². The summed E-state index contributed by atoms with van der Waals surface area (Å²) in [6.07, 6.45) is -0.0281. The molecule has 11 rings (SSSR count). The molecule has 100 heavy (non-hydrogen) atoms. The van der Waals surface area contributed by atoms with E-state index in [4.69, 9.17) is 20.3 Å². The van der Waals surface area contributed by atoms with E-state index in [0.717, 1.165) is 61.7 Å². The maximum Gasteiger partial charge on any atom is 0.413 e. The minimum atomic E-state index is -1.07. The van der Waals surface area contributed by atoms with Crippen LogP contribution in [0.5, 0.6) is 0 Å². The van der Waals surface area contributed by atoms with Gasteiger partial charge in [-0.05, 0) is 37.2 Å². The molecule has 2 atom stereocenters. The van der Waals surface area contributed by atoms with Crippen molar-refractivity contribution in [2.24, 2.45) is 5.73 Å². The second kappa shape index (κ2) is 42.8. The van der Waals surface area contributed by atoms with Crippen molar-refractivity contribution >= 4 is 126 Å². The zero-order chi connectivity index (χ0) is 72.0. The Hall–Kier alpha value is -10.8. The van der Waals surface area contributed by atoms with Crippen molar-refractivity contribution in [3.05, 3.63) is 271 Å². The number of nitrogens with zero attached hydrogens (tertiary/aromatic N) is 4. The first-order valence-corrected chi connectivity index (χ1v) is 35.3. The summed E-state index contributed by atoms with van der Waals surface area (Å²) >= 11 is 12.3. The molecule has 0 saturated heterocycles. The summed E-state index contributed by atoms with van der Waals surface area (Å²) < 4.78 is 14.1. The van der Waals surface area contributed by atoms with Crippen molar-refractivity contribution in [2.75, 3.05) is 25.7 Å². The number of ether oxygens (including phenoxy) is 3. The van der Waals surface area contributed by atoms with Gasteiger partial charge in [0.25, 0.3) is 11.8 Å². The molecule has 21 nitrogen and oxygen atoms in total. The van der Waals surface area contributed by atoms with Gasteiger partial charge in [0.05, 0.1) is 48.4 Å². The van der Waals surface area contributed by atoms with Gasteiger partial charge in [0.15, 0.2) is 20.9 Å². The SMILES string of the molecule is CCOC(=O)NC(N)=S.CCOC(=O)c1nc(-c2ccccc2)cs1.COC(=O)C(Cc1ccccc1)NC(=O)c1nc(-c2ccccc2)cs1.O=C(CBr)c1ccccc1.O=C(NC(Cc1ccccc1)C(=O)O)c1nc(-c2ccccc2)cs1.O=C(O)c1nc(-c2ccccc2)cs1. The van der Waals surface area contributed by atoms with Crippen LogP contribution in [0.2, 0.25) is 0 Å². The number of thiazole rings is 4. The highest BCUT2D eigenvalue weighted by atomic mass is 79.9. The number of halogens is 1. The van der Waals surface area contributed by atoms with Crippen LogP contribution in [0.25, 0.3) is 45.0 Å². The first kappa shape index (κ1) is 78.2. The Morgan fingerprint density at radius 2 is 0.810 bits per heavy atom. The highest BCUT2D eigenvalue weighted by Gasteiger charge is 2.25. The largest absolute Gasteiger partial charge is 0.480 e. The lowest BCUT2D eigenvalue weighted by atomic mass is 10.1. The van der Waals surface area contributed by atoms with Gasteiger partial charge >= 0.3 is 30.0 Å². The zero-order valence-corrected chi connectivity index (χ0v) is 59.5. The third-order valence-corrected chi connectivity index (χ3v) is 16.9. The number of ketones is 1. The van der Waals surface area contributed by atoms with Crippen molar-refractivity contribution in [3.8, 4) is 45.0 Å². The fourth-order valence-corrected chi connectivity index (χ4v) is 11.5. The lowest BCUT2D eigenvalue weighted by molar-refractivity contribution is -0.143. The standard InChI is InChI=1S/C20H18N2O3S.C19H16N2O3S.C12H11NO2S.C10H7NO2S.C8H7BrO.C4H8N2O2S/c1-25-20(24)16(12-14-8-4-2-5-9-14)21-18(23)19-22-17(13-26-19)15-10-6-3-7-11-15;22-17(18-21-16(12-25-18)14-9-5-2-6-10-14)20-15(19(23)24)11-13-7-3-1-4-8-13;1-2-15-12(14)11-13-10(8-16-11)9-6-4-3-5-7-9;12-10(13)9-11-8(6-14-9)7-4-2-1-3-5-7;9-6-8(10)7-4-2-1-3-5-7;1-2-8-4(7)6-3(5)9/h2-11,13,16H,12H2,1H3,(H,21,23);1-10,12,15H,11H2,(H,20,22)(H,23,24);3-8H,2H2,1H3;1-6H,(H,12,13);1-5H,6H2;2H2,1H3,(H3,5,6,7,9). The van der Waals surface area contributed by atoms with Crippen molar-refractivity contribution < 1.29 is 62.8 Å². The summed E-state index contributed by atoms with van der Waals surface area (Å²) in [5, 5.41) is 34.1. The summed E-state index contributed by atoms with van der Waals surface area (Å²) in [5.74, 6) is -3.62. The summed E-state index contributed by atoms with van der Waals surface area (Å²) in [6, 6.07) is 64.6. The molecule has 0 aliphatic heterocycles. The molecule has 0 aliphatic carbocycles. The molecular weight excluding hydrogens is 1440 g/mol. The zero-order valence-electron chi connectivity index (χ0n) is 53.9. The van der Waals surface area contributed by atoms with Crippen LogP contribution in [0.1, 0.15) is 74.5 Å². The molecular formula is C73H67BrN8O13S5. The second-order valence-corrected chi connectivity index (χ2v) is 24.5. The first-order valence-electron chi connectivity index (χ1n) is 30.2. The van der Waals surface area contributed by atoms with E-state index in [9.17, 15) is 43.5 Å². The number of alkyl carbamates (subject to hydrolysis) is 1. The molecule has 3 amide bonds.